The van der Waals surface area contributed by atoms with E-state index in [2.05, 4.69) is 10.6 Å². The molecule has 182 valence electrons. The van der Waals surface area contributed by atoms with Gasteiger partial charge in [-0.25, -0.2) is 8.42 Å². The molecule has 7 nitrogen and oxygen atoms in total. The third-order valence-electron chi connectivity index (χ3n) is 5.37. The zero-order chi connectivity index (χ0) is 25.3. The van der Waals surface area contributed by atoms with E-state index in [4.69, 9.17) is 0 Å². The predicted molar refractivity (Wildman–Crippen MR) is 138 cm³/mol. The average molecular weight is 492 g/mol. The number of benzene rings is 3. The molecule has 2 amide bonds. The van der Waals surface area contributed by atoms with Crippen LogP contribution in [0.15, 0.2) is 95.9 Å². The Labute approximate surface area is 206 Å². The van der Waals surface area contributed by atoms with Crippen LogP contribution in [0.2, 0.25) is 0 Å². The van der Waals surface area contributed by atoms with Crippen LogP contribution < -0.4 is 10.6 Å². The van der Waals surface area contributed by atoms with Crippen LogP contribution in [-0.2, 0) is 19.6 Å². The first-order valence-corrected chi connectivity index (χ1v) is 12.8. The molecule has 0 aromatic heterocycles. The minimum Gasteiger partial charge on any atom is -0.337 e. The molecule has 1 atom stereocenters. The quantitative estimate of drug-likeness (QED) is 0.415. The van der Waals surface area contributed by atoms with Crippen molar-refractivity contribution in [3.8, 4) is 0 Å². The smallest absolute Gasteiger partial charge is 0.251 e. The summed E-state index contributed by atoms with van der Waals surface area (Å²) in [5, 5.41) is 5.57. The maximum Gasteiger partial charge on any atom is 0.251 e. The molecular weight excluding hydrogens is 462 g/mol. The SMILES string of the molecule is CCN(CC)S(=O)(=O)c1ccc(/C=C/C(=O)NC(C(=O)Nc2ccccc2)c2ccccc2)cc1. The second-order valence-electron chi connectivity index (χ2n) is 7.70. The topological polar surface area (TPSA) is 95.6 Å². The minimum atomic E-state index is -3.55. The summed E-state index contributed by atoms with van der Waals surface area (Å²) in [7, 11) is -3.55. The molecule has 3 aromatic rings. The predicted octanol–water partition coefficient (Wildman–Crippen LogP) is 4.23. The second-order valence-corrected chi connectivity index (χ2v) is 9.64. The molecule has 0 aliphatic carbocycles. The lowest BCUT2D eigenvalue weighted by Gasteiger charge is -2.18. The van der Waals surface area contributed by atoms with Gasteiger partial charge in [-0.05, 0) is 41.5 Å². The first kappa shape index (κ1) is 25.9. The highest BCUT2D eigenvalue weighted by molar-refractivity contribution is 7.89. The summed E-state index contributed by atoms with van der Waals surface area (Å²) in [4.78, 5) is 25.8. The highest BCUT2D eigenvalue weighted by Crippen LogP contribution is 2.18. The van der Waals surface area contributed by atoms with Crippen molar-refractivity contribution >= 4 is 33.6 Å². The Bertz CT molecular complexity index is 1250. The Kier molecular flexibility index (Phi) is 8.94. The number of para-hydroxylation sites is 1. The van der Waals surface area contributed by atoms with Gasteiger partial charge in [0.2, 0.25) is 15.9 Å². The van der Waals surface area contributed by atoms with E-state index in [9.17, 15) is 18.0 Å². The second kappa shape index (κ2) is 12.1. The summed E-state index contributed by atoms with van der Waals surface area (Å²) in [5.41, 5.74) is 1.93. The molecule has 3 rings (SSSR count). The first-order valence-electron chi connectivity index (χ1n) is 11.3. The highest BCUT2D eigenvalue weighted by Gasteiger charge is 2.23. The van der Waals surface area contributed by atoms with Crippen LogP contribution in [0.1, 0.15) is 31.0 Å². The van der Waals surface area contributed by atoms with Gasteiger partial charge in [0.25, 0.3) is 5.91 Å². The highest BCUT2D eigenvalue weighted by atomic mass is 32.2. The molecule has 8 heteroatoms. The van der Waals surface area contributed by atoms with Crippen molar-refractivity contribution in [2.24, 2.45) is 0 Å². The molecule has 0 heterocycles. The number of hydrogen-bond acceptors (Lipinski definition) is 4. The van der Waals surface area contributed by atoms with Gasteiger partial charge in [-0.2, -0.15) is 4.31 Å². The molecule has 0 fully saturated rings. The van der Waals surface area contributed by atoms with Gasteiger partial charge < -0.3 is 10.6 Å². The van der Waals surface area contributed by atoms with Crippen LogP contribution in [0, 0.1) is 0 Å². The minimum absolute atomic E-state index is 0.199. The van der Waals surface area contributed by atoms with Crippen LogP contribution >= 0.6 is 0 Å². The largest absolute Gasteiger partial charge is 0.337 e. The van der Waals surface area contributed by atoms with Crippen LogP contribution in [0.25, 0.3) is 6.08 Å². The number of anilines is 1. The van der Waals surface area contributed by atoms with Gasteiger partial charge in [-0.1, -0.05) is 74.5 Å². The molecule has 0 aliphatic heterocycles. The zero-order valence-corrected chi connectivity index (χ0v) is 20.5. The van der Waals surface area contributed by atoms with E-state index in [1.165, 1.54) is 22.5 Å². The summed E-state index contributed by atoms with van der Waals surface area (Å²) in [6, 6.07) is 23.4. The van der Waals surface area contributed by atoms with Gasteiger partial charge in [0, 0.05) is 24.9 Å². The van der Waals surface area contributed by atoms with E-state index in [1.807, 2.05) is 24.3 Å². The monoisotopic (exact) mass is 491 g/mol. The molecule has 0 aliphatic rings. The van der Waals surface area contributed by atoms with Crippen molar-refractivity contribution in [1.82, 2.24) is 9.62 Å². The summed E-state index contributed by atoms with van der Waals surface area (Å²) >= 11 is 0. The normalized spacial score (nSPS) is 12.4. The molecule has 0 radical (unpaired) electrons. The van der Waals surface area contributed by atoms with Crippen LogP contribution in [0.5, 0.6) is 0 Å². The van der Waals surface area contributed by atoms with Crippen LogP contribution in [-0.4, -0.2) is 37.6 Å². The van der Waals surface area contributed by atoms with Gasteiger partial charge in [0.05, 0.1) is 4.90 Å². The van der Waals surface area contributed by atoms with Crippen molar-refractivity contribution in [2.75, 3.05) is 18.4 Å². The van der Waals surface area contributed by atoms with Crippen molar-refractivity contribution in [2.45, 2.75) is 24.8 Å². The van der Waals surface area contributed by atoms with E-state index < -0.39 is 22.0 Å². The number of nitrogens with one attached hydrogen (secondary N) is 2. The van der Waals surface area contributed by atoms with E-state index in [-0.39, 0.29) is 10.8 Å². The van der Waals surface area contributed by atoms with E-state index in [0.717, 1.165) is 0 Å². The summed E-state index contributed by atoms with van der Waals surface area (Å²) < 4.78 is 26.6. The summed E-state index contributed by atoms with van der Waals surface area (Å²) in [6.07, 6.45) is 2.89. The number of carbonyl (C=O) groups is 2. The van der Waals surface area contributed by atoms with Crippen molar-refractivity contribution < 1.29 is 18.0 Å². The number of hydrogen-bond donors (Lipinski definition) is 2. The fourth-order valence-electron chi connectivity index (χ4n) is 3.51. The number of nitrogens with zero attached hydrogens (tertiary/aromatic N) is 1. The van der Waals surface area contributed by atoms with Gasteiger partial charge in [0.15, 0.2) is 0 Å². The lowest BCUT2D eigenvalue weighted by Crippen LogP contribution is -2.36. The molecule has 0 spiro atoms. The molecule has 3 aromatic carbocycles. The van der Waals surface area contributed by atoms with Gasteiger partial charge >= 0.3 is 0 Å². The van der Waals surface area contributed by atoms with Crippen LogP contribution in [0.3, 0.4) is 0 Å². The van der Waals surface area contributed by atoms with Crippen LogP contribution in [0.4, 0.5) is 5.69 Å². The van der Waals surface area contributed by atoms with Gasteiger partial charge in [-0.15, -0.1) is 0 Å². The standard InChI is InChI=1S/C27H29N3O4S/c1-3-30(4-2)35(33,34)24-18-15-21(16-19-24)17-20-25(31)29-26(22-11-7-5-8-12-22)27(32)28-23-13-9-6-10-14-23/h5-20,26H,3-4H2,1-2H3,(H,28,32)(H,29,31)/b20-17+. The third-order valence-corrected chi connectivity index (χ3v) is 7.44. The number of amides is 2. The number of carbonyl (C=O) groups excluding carboxylic acids is 2. The van der Waals surface area contributed by atoms with E-state index in [0.29, 0.717) is 29.9 Å². The Morgan fingerprint density at radius 3 is 2.00 bits per heavy atom. The molecule has 0 saturated heterocycles. The van der Waals surface area contributed by atoms with Crippen molar-refractivity contribution in [3.05, 3.63) is 102 Å². The number of rotatable bonds is 10. The van der Waals surface area contributed by atoms with E-state index >= 15 is 0 Å². The van der Waals surface area contributed by atoms with Gasteiger partial charge in [-0.3, -0.25) is 9.59 Å². The Hall–Kier alpha value is -3.75. The Morgan fingerprint density at radius 2 is 1.43 bits per heavy atom. The fraction of sp³-hybridized carbons (Fsp3) is 0.185. The summed E-state index contributed by atoms with van der Waals surface area (Å²) in [5.74, 6) is -0.822. The molecule has 35 heavy (non-hydrogen) atoms. The van der Waals surface area contributed by atoms with Crippen molar-refractivity contribution in [1.29, 1.82) is 0 Å². The molecule has 2 N–H and O–H groups in total. The maximum absolute atomic E-state index is 12.9. The molecule has 0 saturated carbocycles. The Morgan fingerprint density at radius 1 is 0.857 bits per heavy atom. The maximum atomic E-state index is 12.9. The fourth-order valence-corrected chi connectivity index (χ4v) is 4.97. The zero-order valence-electron chi connectivity index (χ0n) is 19.7. The number of sulfonamides is 1. The average Bonchev–Trinajstić information content (AvgIpc) is 2.88. The van der Waals surface area contributed by atoms with Gasteiger partial charge in [0.1, 0.15) is 6.04 Å². The van der Waals surface area contributed by atoms with Crippen molar-refractivity contribution in [3.63, 3.8) is 0 Å². The van der Waals surface area contributed by atoms with E-state index in [1.54, 1.807) is 68.5 Å². The third kappa shape index (κ3) is 6.88. The molecular formula is C27H29N3O4S. The molecule has 1 unspecified atom stereocenters. The molecule has 0 bridgehead atoms. The lowest BCUT2D eigenvalue weighted by molar-refractivity contribution is -0.123. The first-order chi connectivity index (χ1) is 16.8. The lowest BCUT2D eigenvalue weighted by atomic mass is 10.1. The Balaban J connectivity index is 1.72. The summed E-state index contributed by atoms with van der Waals surface area (Å²) in [6.45, 7) is 4.36.